The van der Waals surface area contributed by atoms with E-state index in [1.54, 1.807) is 4.90 Å². The summed E-state index contributed by atoms with van der Waals surface area (Å²) in [5, 5.41) is 8.85. The van der Waals surface area contributed by atoms with Gasteiger partial charge in [0.1, 0.15) is 0 Å². The van der Waals surface area contributed by atoms with E-state index in [-0.39, 0.29) is 18.4 Å². The molecule has 1 atom stereocenters. The van der Waals surface area contributed by atoms with E-state index in [1.807, 2.05) is 0 Å². The van der Waals surface area contributed by atoms with Crippen LogP contribution in [-0.2, 0) is 9.59 Å². The summed E-state index contributed by atoms with van der Waals surface area (Å²) in [5.74, 6) is -0.677. The average molecular weight is 227 g/mol. The minimum atomic E-state index is -0.804. The molecule has 0 aromatic carbocycles. The quantitative estimate of drug-likeness (QED) is 0.677. The highest BCUT2D eigenvalue weighted by molar-refractivity contribution is 5.79. The van der Waals surface area contributed by atoms with Gasteiger partial charge in [-0.15, -0.1) is 0 Å². The Balaban J connectivity index is 2.48. The summed E-state index contributed by atoms with van der Waals surface area (Å²) in [4.78, 5) is 24.1. The van der Waals surface area contributed by atoms with Crippen LogP contribution in [0.15, 0.2) is 0 Å². The Kier molecular flexibility index (Phi) is 5.29. The van der Waals surface area contributed by atoms with E-state index in [4.69, 9.17) is 5.11 Å². The zero-order valence-corrected chi connectivity index (χ0v) is 9.95. The number of carboxylic acid groups (broad SMARTS) is 1. The number of hydrogen-bond acceptors (Lipinski definition) is 2. The maximum atomic E-state index is 11.6. The molecule has 0 aromatic heterocycles. The highest BCUT2D eigenvalue weighted by atomic mass is 16.4. The molecule has 1 aliphatic rings. The summed E-state index contributed by atoms with van der Waals surface area (Å²) in [5.41, 5.74) is 0. The maximum Gasteiger partial charge on any atom is 0.305 e. The molecule has 0 aromatic rings. The van der Waals surface area contributed by atoms with Crippen molar-refractivity contribution in [1.29, 1.82) is 0 Å². The molecule has 0 radical (unpaired) electrons. The van der Waals surface area contributed by atoms with Crippen LogP contribution in [0, 0.1) is 0 Å². The summed E-state index contributed by atoms with van der Waals surface area (Å²) in [7, 11) is 0. The molecule has 4 heteroatoms. The van der Waals surface area contributed by atoms with Crippen LogP contribution in [0.2, 0.25) is 0 Å². The predicted molar refractivity (Wildman–Crippen MR) is 61.1 cm³/mol. The fourth-order valence-electron chi connectivity index (χ4n) is 2.25. The van der Waals surface area contributed by atoms with Crippen LogP contribution < -0.4 is 0 Å². The fourth-order valence-corrected chi connectivity index (χ4v) is 2.25. The number of aliphatic carboxylic acids is 1. The van der Waals surface area contributed by atoms with Crippen molar-refractivity contribution in [2.75, 3.05) is 6.54 Å². The topological polar surface area (TPSA) is 57.6 Å². The Labute approximate surface area is 96.6 Å². The molecule has 0 bridgehead atoms. The third-order valence-corrected chi connectivity index (χ3v) is 3.10. The first kappa shape index (κ1) is 13.0. The highest BCUT2D eigenvalue weighted by Crippen LogP contribution is 2.20. The predicted octanol–water partition coefficient (Wildman–Crippen LogP) is 2.03. The third kappa shape index (κ3) is 3.83. The fraction of sp³-hybridized carbons (Fsp3) is 0.833. The molecule has 1 aliphatic heterocycles. The second-order valence-electron chi connectivity index (χ2n) is 4.44. The van der Waals surface area contributed by atoms with Crippen LogP contribution in [0.5, 0.6) is 0 Å². The monoisotopic (exact) mass is 227 g/mol. The summed E-state index contributed by atoms with van der Waals surface area (Å²) in [6, 6.07) is -0.0842. The summed E-state index contributed by atoms with van der Waals surface area (Å²) < 4.78 is 0. The molecule has 0 spiro atoms. The molecule has 0 saturated carbocycles. The second kappa shape index (κ2) is 6.51. The van der Waals surface area contributed by atoms with Crippen molar-refractivity contribution in [3.05, 3.63) is 0 Å². The van der Waals surface area contributed by atoms with Gasteiger partial charge in [-0.3, -0.25) is 9.59 Å². The first-order valence-corrected chi connectivity index (χ1v) is 6.16. The van der Waals surface area contributed by atoms with Crippen molar-refractivity contribution >= 4 is 11.9 Å². The Hall–Kier alpha value is -1.06. The van der Waals surface area contributed by atoms with Crippen molar-refractivity contribution < 1.29 is 14.7 Å². The summed E-state index contributed by atoms with van der Waals surface area (Å²) in [6.45, 7) is 2.86. The standard InChI is InChI=1S/C12H21NO3/c1-2-3-4-6-10(9-12(15)16)13-8-5-7-11(13)14/h10H,2-9H2,1H3,(H,15,16)/t10-/m1/s1. The minimum absolute atomic E-state index is 0.0842. The summed E-state index contributed by atoms with van der Waals surface area (Å²) >= 11 is 0. The zero-order chi connectivity index (χ0) is 12.0. The lowest BCUT2D eigenvalue weighted by molar-refractivity contribution is -0.139. The van der Waals surface area contributed by atoms with Gasteiger partial charge < -0.3 is 10.0 Å². The number of hydrogen-bond donors (Lipinski definition) is 1. The minimum Gasteiger partial charge on any atom is -0.481 e. The van der Waals surface area contributed by atoms with Crippen molar-refractivity contribution in [2.45, 2.75) is 57.9 Å². The second-order valence-corrected chi connectivity index (χ2v) is 4.44. The lowest BCUT2D eigenvalue weighted by atomic mass is 10.0. The normalized spacial score (nSPS) is 17.8. The zero-order valence-electron chi connectivity index (χ0n) is 9.95. The molecule has 1 heterocycles. The van der Waals surface area contributed by atoms with Crippen LogP contribution in [0.3, 0.4) is 0 Å². The van der Waals surface area contributed by atoms with Gasteiger partial charge in [-0.1, -0.05) is 26.2 Å². The molecule has 4 nitrogen and oxygen atoms in total. The Morgan fingerprint density at radius 3 is 2.75 bits per heavy atom. The van der Waals surface area contributed by atoms with Crippen LogP contribution >= 0.6 is 0 Å². The molecule has 1 saturated heterocycles. The molecular formula is C12H21NO3. The lowest BCUT2D eigenvalue weighted by Gasteiger charge is -2.26. The summed E-state index contributed by atoms with van der Waals surface area (Å²) in [6.07, 6.45) is 5.62. The molecular weight excluding hydrogens is 206 g/mol. The van der Waals surface area contributed by atoms with Crippen molar-refractivity contribution in [1.82, 2.24) is 4.90 Å². The molecule has 0 unspecified atom stereocenters. The average Bonchev–Trinajstić information content (AvgIpc) is 2.63. The number of rotatable bonds is 7. The lowest BCUT2D eigenvalue weighted by Crippen LogP contribution is -2.37. The molecule has 1 amide bonds. The van der Waals surface area contributed by atoms with Gasteiger partial charge in [0, 0.05) is 19.0 Å². The molecule has 1 N–H and O–H groups in total. The van der Waals surface area contributed by atoms with Crippen molar-refractivity contribution in [3.8, 4) is 0 Å². The number of carbonyl (C=O) groups is 2. The number of carboxylic acids is 1. The van der Waals surface area contributed by atoms with Crippen molar-refractivity contribution in [3.63, 3.8) is 0 Å². The van der Waals surface area contributed by atoms with Crippen LogP contribution in [0.25, 0.3) is 0 Å². The van der Waals surface area contributed by atoms with E-state index in [2.05, 4.69) is 6.92 Å². The Morgan fingerprint density at radius 2 is 2.25 bits per heavy atom. The molecule has 92 valence electrons. The van der Waals surface area contributed by atoms with E-state index in [1.165, 1.54) is 0 Å². The van der Waals surface area contributed by atoms with E-state index >= 15 is 0 Å². The largest absolute Gasteiger partial charge is 0.481 e. The first-order chi connectivity index (χ1) is 7.65. The molecule has 1 rings (SSSR count). The van der Waals surface area contributed by atoms with Crippen LogP contribution in [-0.4, -0.2) is 34.5 Å². The van der Waals surface area contributed by atoms with Gasteiger partial charge >= 0.3 is 5.97 Å². The SMILES string of the molecule is CCCCC[C@H](CC(=O)O)N1CCCC1=O. The van der Waals surface area contributed by atoms with E-state index in [9.17, 15) is 9.59 Å². The molecule has 16 heavy (non-hydrogen) atoms. The van der Waals surface area contributed by atoms with Crippen LogP contribution in [0.1, 0.15) is 51.9 Å². The number of carbonyl (C=O) groups excluding carboxylic acids is 1. The van der Waals surface area contributed by atoms with Gasteiger partial charge in [-0.05, 0) is 12.8 Å². The third-order valence-electron chi connectivity index (χ3n) is 3.10. The van der Waals surface area contributed by atoms with Gasteiger partial charge in [0.05, 0.1) is 6.42 Å². The number of nitrogens with zero attached hydrogens (tertiary/aromatic N) is 1. The Bertz CT molecular complexity index is 253. The van der Waals surface area contributed by atoms with Gasteiger partial charge in [-0.25, -0.2) is 0 Å². The van der Waals surface area contributed by atoms with E-state index in [0.29, 0.717) is 6.42 Å². The Morgan fingerprint density at radius 1 is 1.50 bits per heavy atom. The van der Waals surface area contributed by atoms with Gasteiger partial charge in [0.2, 0.25) is 5.91 Å². The molecule has 0 aliphatic carbocycles. The highest BCUT2D eigenvalue weighted by Gasteiger charge is 2.28. The van der Waals surface area contributed by atoms with E-state index < -0.39 is 5.97 Å². The maximum absolute atomic E-state index is 11.6. The van der Waals surface area contributed by atoms with Gasteiger partial charge in [0.15, 0.2) is 0 Å². The first-order valence-electron chi connectivity index (χ1n) is 6.16. The number of unbranched alkanes of at least 4 members (excludes halogenated alkanes) is 2. The van der Waals surface area contributed by atoms with Gasteiger partial charge in [0.25, 0.3) is 0 Å². The van der Waals surface area contributed by atoms with Crippen LogP contribution in [0.4, 0.5) is 0 Å². The number of amides is 1. The molecule has 1 fully saturated rings. The van der Waals surface area contributed by atoms with Gasteiger partial charge in [-0.2, -0.15) is 0 Å². The van der Waals surface area contributed by atoms with E-state index in [0.717, 1.165) is 38.6 Å². The number of likely N-dealkylation sites (tertiary alicyclic amines) is 1. The smallest absolute Gasteiger partial charge is 0.305 e. The van der Waals surface area contributed by atoms with Crippen molar-refractivity contribution in [2.24, 2.45) is 0 Å².